The summed E-state index contributed by atoms with van der Waals surface area (Å²) in [5.41, 5.74) is 0. The van der Waals surface area contributed by atoms with Crippen molar-refractivity contribution >= 4 is 33.3 Å². The second kappa shape index (κ2) is 6.83. The van der Waals surface area contributed by atoms with Crippen molar-refractivity contribution in [3.63, 3.8) is 0 Å². The van der Waals surface area contributed by atoms with Crippen molar-refractivity contribution in [2.24, 2.45) is 0 Å². The lowest BCUT2D eigenvalue weighted by Crippen LogP contribution is -2.44. The van der Waals surface area contributed by atoms with E-state index in [-0.39, 0.29) is 5.91 Å². The van der Waals surface area contributed by atoms with Gasteiger partial charge in [0.2, 0.25) is 5.91 Å². The van der Waals surface area contributed by atoms with E-state index in [1.807, 2.05) is 11.8 Å². The lowest BCUT2D eigenvalue weighted by molar-refractivity contribution is -0.132. The van der Waals surface area contributed by atoms with Crippen molar-refractivity contribution in [1.82, 2.24) is 14.9 Å². The smallest absolute Gasteiger partial charge is 0.242 e. The minimum absolute atomic E-state index is 0.160. The molecule has 3 heterocycles. The Morgan fingerprint density at radius 1 is 1.43 bits per heavy atom. The van der Waals surface area contributed by atoms with Gasteiger partial charge in [0.05, 0.1) is 11.9 Å². The molecule has 0 spiro atoms. The molecule has 23 heavy (non-hydrogen) atoms. The number of likely N-dealkylation sites (tertiary alicyclic amines) is 1. The third-order valence-electron chi connectivity index (χ3n) is 4.43. The fourth-order valence-corrected chi connectivity index (χ4v) is 4.13. The van der Waals surface area contributed by atoms with E-state index in [0.717, 1.165) is 47.7 Å². The fraction of sp³-hybridized carbons (Fsp3) is 0.588. The van der Waals surface area contributed by atoms with E-state index in [9.17, 15) is 4.79 Å². The molecule has 1 amide bonds. The van der Waals surface area contributed by atoms with Crippen LogP contribution < -0.4 is 5.32 Å². The first kappa shape index (κ1) is 16.2. The lowest BCUT2D eigenvalue weighted by atomic mass is 10.0. The summed E-state index contributed by atoms with van der Waals surface area (Å²) in [5, 5.41) is 4.27. The molecule has 2 aromatic heterocycles. The maximum absolute atomic E-state index is 12.5. The van der Waals surface area contributed by atoms with Gasteiger partial charge in [0.25, 0.3) is 0 Å². The number of hydrogen-bond donors (Lipinski definition) is 1. The molecule has 1 saturated heterocycles. The summed E-state index contributed by atoms with van der Waals surface area (Å²) in [6, 6.07) is 2.48. The molecule has 6 heteroatoms. The van der Waals surface area contributed by atoms with Crippen molar-refractivity contribution in [3.05, 3.63) is 16.8 Å². The molecule has 2 aromatic rings. The van der Waals surface area contributed by atoms with Crippen LogP contribution in [0.1, 0.15) is 43.8 Å². The Kier molecular flexibility index (Phi) is 4.80. The number of nitrogens with one attached hydrogen (secondary N) is 1. The van der Waals surface area contributed by atoms with Crippen LogP contribution in [0.3, 0.4) is 0 Å². The van der Waals surface area contributed by atoms with E-state index in [0.29, 0.717) is 12.6 Å². The number of aryl methyl sites for hydroxylation is 2. The molecule has 1 fully saturated rings. The van der Waals surface area contributed by atoms with Crippen molar-refractivity contribution < 1.29 is 4.79 Å². The number of anilines is 1. The van der Waals surface area contributed by atoms with E-state index >= 15 is 0 Å². The van der Waals surface area contributed by atoms with Crippen molar-refractivity contribution in [1.29, 1.82) is 0 Å². The van der Waals surface area contributed by atoms with Gasteiger partial charge in [-0.3, -0.25) is 4.79 Å². The summed E-state index contributed by atoms with van der Waals surface area (Å²) in [5.74, 6) is 1.68. The first-order valence-corrected chi connectivity index (χ1v) is 9.20. The fourth-order valence-electron chi connectivity index (χ4n) is 3.12. The Labute approximate surface area is 141 Å². The monoisotopic (exact) mass is 332 g/mol. The van der Waals surface area contributed by atoms with Gasteiger partial charge in [0, 0.05) is 17.5 Å². The topological polar surface area (TPSA) is 58.1 Å². The van der Waals surface area contributed by atoms with Gasteiger partial charge in [-0.2, -0.15) is 0 Å². The van der Waals surface area contributed by atoms with Gasteiger partial charge in [-0.1, -0.05) is 6.92 Å². The van der Waals surface area contributed by atoms with Crippen LogP contribution in [0.5, 0.6) is 0 Å². The number of piperidine rings is 1. The SMILES string of the molecule is CCc1cc2c(NCC(=O)N3CCCCC3C)nc(C)nc2s1. The maximum Gasteiger partial charge on any atom is 0.242 e. The summed E-state index contributed by atoms with van der Waals surface area (Å²) in [7, 11) is 0. The van der Waals surface area contributed by atoms with E-state index < -0.39 is 0 Å². The van der Waals surface area contributed by atoms with Crippen LogP contribution in [0.4, 0.5) is 5.82 Å². The highest BCUT2D eigenvalue weighted by molar-refractivity contribution is 7.18. The largest absolute Gasteiger partial charge is 0.360 e. The summed E-state index contributed by atoms with van der Waals surface area (Å²) in [6.45, 7) is 7.34. The maximum atomic E-state index is 12.5. The van der Waals surface area contributed by atoms with Crippen LogP contribution in [0, 0.1) is 6.92 Å². The number of carbonyl (C=O) groups excluding carboxylic acids is 1. The van der Waals surface area contributed by atoms with Gasteiger partial charge >= 0.3 is 0 Å². The highest BCUT2D eigenvalue weighted by Crippen LogP contribution is 2.29. The zero-order chi connectivity index (χ0) is 16.4. The van der Waals surface area contributed by atoms with Crippen LogP contribution >= 0.6 is 11.3 Å². The molecular formula is C17H24N4OS. The molecule has 1 atom stereocenters. The van der Waals surface area contributed by atoms with Crippen LogP contribution in [0.2, 0.25) is 0 Å². The molecule has 1 aliphatic rings. The zero-order valence-electron chi connectivity index (χ0n) is 14.1. The minimum atomic E-state index is 0.160. The molecular weight excluding hydrogens is 308 g/mol. The lowest BCUT2D eigenvalue weighted by Gasteiger charge is -2.33. The molecule has 0 radical (unpaired) electrons. The first-order valence-electron chi connectivity index (χ1n) is 8.39. The van der Waals surface area contributed by atoms with Crippen molar-refractivity contribution in [2.75, 3.05) is 18.4 Å². The molecule has 0 aliphatic carbocycles. The van der Waals surface area contributed by atoms with Gasteiger partial charge in [-0.15, -0.1) is 11.3 Å². The quantitative estimate of drug-likeness (QED) is 0.932. The average Bonchev–Trinajstić information content (AvgIpc) is 2.95. The molecule has 0 bridgehead atoms. The van der Waals surface area contributed by atoms with Crippen LogP contribution in [-0.2, 0) is 11.2 Å². The number of carbonyl (C=O) groups is 1. The molecule has 5 nitrogen and oxygen atoms in total. The molecule has 1 unspecified atom stereocenters. The summed E-state index contributed by atoms with van der Waals surface area (Å²) in [4.78, 5) is 25.8. The van der Waals surface area contributed by atoms with Crippen molar-refractivity contribution in [3.8, 4) is 0 Å². The Morgan fingerprint density at radius 3 is 3.00 bits per heavy atom. The number of hydrogen-bond acceptors (Lipinski definition) is 5. The van der Waals surface area contributed by atoms with E-state index in [1.54, 1.807) is 11.3 Å². The van der Waals surface area contributed by atoms with E-state index in [1.165, 1.54) is 11.3 Å². The summed E-state index contributed by atoms with van der Waals surface area (Å²) in [6.07, 6.45) is 4.42. The zero-order valence-corrected chi connectivity index (χ0v) is 14.9. The minimum Gasteiger partial charge on any atom is -0.360 e. The molecule has 1 aliphatic heterocycles. The Morgan fingerprint density at radius 2 is 2.26 bits per heavy atom. The highest BCUT2D eigenvalue weighted by Gasteiger charge is 2.23. The third-order valence-corrected chi connectivity index (χ3v) is 5.61. The standard InChI is InChI=1S/C17H24N4OS/c1-4-13-9-14-16(19-12(3)20-17(14)23-13)18-10-15(22)21-8-6-5-7-11(21)2/h9,11H,4-8,10H2,1-3H3,(H,18,19,20). The van der Waals surface area contributed by atoms with E-state index in [4.69, 9.17) is 0 Å². The Hall–Kier alpha value is -1.69. The first-order chi connectivity index (χ1) is 11.1. The number of aromatic nitrogens is 2. The molecule has 124 valence electrons. The van der Waals surface area contributed by atoms with Crippen molar-refractivity contribution in [2.45, 2.75) is 52.5 Å². The highest BCUT2D eigenvalue weighted by atomic mass is 32.1. The normalized spacial score (nSPS) is 18.4. The van der Waals surface area contributed by atoms with Gasteiger partial charge in [0.1, 0.15) is 16.5 Å². The second-order valence-electron chi connectivity index (χ2n) is 6.19. The van der Waals surface area contributed by atoms with Crippen LogP contribution in [-0.4, -0.2) is 39.9 Å². The second-order valence-corrected chi connectivity index (χ2v) is 7.31. The predicted molar refractivity (Wildman–Crippen MR) is 95.0 cm³/mol. The molecule has 1 N–H and O–H groups in total. The average molecular weight is 332 g/mol. The number of fused-ring (bicyclic) bond motifs is 1. The van der Waals surface area contributed by atoms with Gasteiger partial charge < -0.3 is 10.2 Å². The third kappa shape index (κ3) is 3.47. The number of nitrogens with zero attached hydrogens (tertiary/aromatic N) is 3. The van der Waals surface area contributed by atoms with Crippen LogP contribution in [0.15, 0.2) is 6.07 Å². The van der Waals surface area contributed by atoms with E-state index in [2.05, 4.69) is 35.2 Å². The van der Waals surface area contributed by atoms with Gasteiger partial charge in [-0.25, -0.2) is 9.97 Å². The molecule has 3 rings (SSSR count). The van der Waals surface area contributed by atoms with Gasteiger partial charge in [-0.05, 0) is 45.6 Å². The van der Waals surface area contributed by atoms with Crippen LogP contribution in [0.25, 0.3) is 10.2 Å². The van der Waals surface area contributed by atoms with Gasteiger partial charge in [0.15, 0.2) is 0 Å². The number of thiophene rings is 1. The number of amides is 1. The Balaban J connectivity index is 1.76. The number of rotatable bonds is 4. The summed E-state index contributed by atoms with van der Waals surface area (Å²) >= 11 is 1.70. The summed E-state index contributed by atoms with van der Waals surface area (Å²) < 4.78 is 0. The predicted octanol–water partition coefficient (Wildman–Crippen LogP) is 3.38. The molecule has 0 aromatic carbocycles. The Bertz CT molecular complexity index is 712. The molecule has 0 saturated carbocycles.